The molecule has 1 amide bonds. The van der Waals surface area contributed by atoms with E-state index in [2.05, 4.69) is 4.98 Å². The molecule has 0 saturated heterocycles. The number of hydrogen-bond acceptors (Lipinski definition) is 3. The number of fused-ring (bicyclic) bond motifs is 1. The first-order valence-electron chi connectivity index (χ1n) is 8.23. The summed E-state index contributed by atoms with van der Waals surface area (Å²) in [6.45, 7) is 1.87. The van der Waals surface area contributed by atoms with Gasteiger partial charge in [-0.1, -0.05) is 24.3 Å². The van der Waals surface area contributed by atoms with Crippen molar-refractivity contribution in [3.05, 3.63) is 70.7 Å². The highest BCUT2D eigenvalue weighted by Crippen LogP contribution is 2.30. The summed E-state index contributed by atoms with van der Waals surface area (Å²) >= 11 is 1.52. The number of benzene rings is 2. The predicted octanol–water partition coefficient (Wildman–Crippen LogP) is 5.55. The summed E-state index contributed by atoms with van der Waals surface area (Å²) in [6.07, 6.45) is -1.75. The number of alkyl halides is 3. The molecule has 1 atom stereocenters. The fourth-order valence-electron chi connectivity index (χ4n) is 2.53. The topological polar surface area (TPSA) is 33.2 Å². The van der Waals surface area contributed by atoms with E-state index in [4.69, 9.17) is 0 Å². The average Bonchev–Trinajstić information content (AvgIpc) is 3.08. The Kier molecular flexibility index (Phi) is 5.32. The van der Waals surface area contributed by atoms with Crippen molar-refractivity contribution in [1.29, 1.82) is 0 Å². The van der Waals surface area contributed by atoms with E-state index in [0.29, 0.717) is 5.56 Å². The van der Waals surface area contributed by atoms with Crippen LogP contribution < -0.4 is 0 Å². The Balaban J connectivity index is 1.74. The van der Waals surface area contributed by atoms with Gasteiger partial charge in [0, 0.05) is 13.1 Å². The number of nitrogens with zero attached hydrogens (tertiary/aromatic N) is 2. The van der Waals surface area contributed by atoms with Crippen LogP contribution in [0.25, 0.3) is 16.3 Å². The van der Waals surface area contributed by atoms with Gasteiger partial charge in [0.1, 0.15) is 5.01 Å². The van der Waals surface area contributed by atoms with E-state index in [1.807, 2.05) is 31.2 Å². The molecule has 2 aromatic carbocycles. The molecule has 0 bridgehead atoms. The molecule has 7 heteroatoms. The van der Waals surface area contributed by atoms with Crippen molar-refractivity contribution in [3.63, 3.8) is 0 Å². The Bertz CT molecular complexity index is 961. The number of rotatable bonds is 4. The fourth-order valence-corrected chi connectivity index (χ4v) is 3.59. The van der Waals surface area contributed by atoms with Crippen LogP contribution in [-0.4, -0.2) is 22.8 Å². The van der Waals surface area contributed by atoms with Gasteiger partial charge in [-0.3, -0.25) is 4.79 Å². The van der Waals surface area contributed by atoms with Gasteiger partial charge in [0.15, 0.2) is 0 Å². The third-order valence-corrected chi connectivity index (χ3v) is 5.44. The number of hydrogen-bond donors (Lipinski definition) is 0. The molecule has 0 saturated carbocycles. The second-order valence-corrected chi connectivity index (χ2v) is 7.16. The Labute approximate surface area is 158 Å². The smallest absolute Gasteiger partial charge is 0.333 e. The molecule has 3 aromatic rings. The van der Waals surface area contributed by atoms with Crippen LogP contribution in [0.5, 0.6) is 0 Å². The van der Waals surface area contributed by atoms with Gasteiger partial charge >= 0.3 is 6.18 Å². The zero-order valence-corrected chi connectivity index (χ0v) is 15.5. The van der Waals surface area contributed by atoms with E-state index >= 15 is 0 Å². The van der Waals surface area contributed by atoms with Crippen molar-refractivity contribution in [2.45, 2.75) is 19.1 Å². The highest BCUT2D eigenvalue weighted by molar-refractivity contribution is 7.18. The summed E-state index contributed by atoms with van der Waals surface area (Å²) in [5, 5.41) is 0.805. The Hall–Kier alpha value is -2.67. The molecule has 0 aliphatic rings. The second kappa shape index (κ2) is 7.52. The molecule has 1 aromatic heterocycles. The van der Waals surface area contributed by atoms with Gasteiger partial charge in [-0.25, -0.2) is 4.98 Å². The van der Waals surface area contributed by atoms with Crippen LogP contribution in [0, 0.1) is 0 Å². The lowest BCUT2D eigenvalue weighted by molar-refractivity contribution is -0.137. The molecule has 27 heavy (non-hydrogen) atoms. The van der Waals surface area contributed by atoms with Crippen LogP contribution >= 0.6 is 11.3 Å². The van der Waals surface area contributed by atoms with E-state index in [-0.39, 0.29) is 11.9 Å². The van der Waals surface area contributed by atoms with Crippen LogP contribution in [0.3, 0.4) is 0 Å². The number of thiazole rings is 1. The molecular weight excluding hydrogens is 373 g/mol. The first-order valence-corrected chi connectivity index (χ1v) is 9.05. The zero-order chi connectivity index (χ0) is 19.6. The van der Waals surface area contributed by atoms with Crippen molar-refractivity contribution in [3.8, 4) is 0 Å². The molecule has 3 rings (SSSR count). The summed E-state index contributed by atoms with van der Waals surface area (Å²) in [5.74, 6) is -0.306. The normalized spacial score (nSPS) is 13.2. The summed E-state index contributed by atoms with van der Waals surface area (Å²) in [5.41, 5.74) is 0.456. The molecule has 0 radical (unpaired) electrons. The minimum atomic E-state index is -4.41. The largest absolute Gasteiger partial charge is 0.416 e. The molecule has 3 nitrogen and oxygen atoms in total. The SMILES string of the molecule is C[C@@H](c1nc2ccccc2s1)N(C)C(=O)/C=C/c1cccc(C(F)(F)F)c1. The highest BCUT2D eigenvalue weighted by atomic mass is 32.1. The number of halogens is 3. The molecule has 0 spiro atoms. The van der Waals surface area contributed by atoms with Crippen LogP contribution in [0.1, 0.15) is 29.1 Å². The van der Waals surface area contributed by atoms with Gasteiger partial charge in [0.05, 0.1) is 21.8 Å². The summed E-state index contributed by atoms with van der Waals surface area (Å²) in [4.78, 5) is 18.5. The Morgan fingerprint density at radius 3 is 2.63 bits per heavy atom. The fraction of sp³-hybridized carbons (Fsp3) is 0.200. The maximum absolute atomic E-state index is 12.8. The van der Waals surface area contributed by atoms with Gasteiger partial charge in [-0.05, 0) is 42.8 Å². The zero-order valence-electron chi connectivity index (χ0n) is 14.7. The molecule has 0 unspecified atom stereocenters. The molecular formula is C20H17F3N2OS. The summed E-state index contributed by atoms with van der Waals surface area (Å²) < 4.78 is 39.4. The predicted molar refractivity (Wildman–Crippen MR) is 101 cm³/mol. The third kappa shape index (κ3) is 4.36. The summed E-state index contributed by atoms with van der Waals surface area (Å²) in [7, 11) is 1.65. The van der Waals surface area contributed by atoms with Crippen molar-refractivity contribution in [1.82, 2.24) is 9.88 Å². The quantitative estimate of drug-likeness (QED) is 0.548. The third-order valence-electron chi connectivity index (χ3n) is 4.23. The Morgan fingerprint density at radius 2 is 1.93 bits per heavy atom. The number of carbonyl (C=O) groups excluding carboxylic acids is 1. The average molecular weight is 390 g/mol. The van der Waals surface area contributed by atoms with E-state index in [1.54, 1.807) is 7.05 Å². The molecule has 0 aliphatic heterocycles. The van der Waals surface area contributed by atoms with E-state index in [1.165, 1.54) is 40.5 Å². The maximum atomic E-state index is 12.8. The standard InChI is InChI=1S/C20H17F3N2OS/c1-13(19-24-16-8-3-4-9-17(16)27-19)25(2)18(26)11-10-14-6-5-7-15(12-14)20(21,22)23/h3-13H,1-2H3/b11-10+/t13-/m0/s1. The van der Waals surface area contributed by atoms with Crippen molar-refractivity contribution in [2.75, 3.05) is 7.05 Å². The number of amides is 1. The lowest BCUT2D eigenvalue weighted by atomic mass is 10.1. The molecule has 0 aliphatic carbocycles. The first kappa shape index (κ1) is 19.1. The monoisotopic (exact) mass is 390 g/mol. The van der Waals surface area contributed by atoms with Crippen LogP contribution in [0.15, 0.2) is 54.6 Å². The first-order chi connectivity index (χ1) is 12.8. The number of likely N-dealkylation sites (N-methyl/N-ethyl adjacent to an activating group) is 1. The molecule has 0 fully saturated rings. The van der Waals surface area contributed by atoms with Crippen molar-refractivity contribution in [2.24, 2.45) is 0 Å². The molecule has 0 N–H and O–H groups in total. The van der Waals surface area contributed by atoms with Gasteiger partial charge in [-0.2, -0.15) is 13.2 Å². The molecule has 1 heterocycles. The van der Waals surface area contributed by atoms with E-state index in [0.717, 1.165) is 27.4 Å². The lowest BCUT2D eigenvalue weighted by Crippen LogP contribution is -2.27. The van der Waals surface area contributed by atoms with Gasteiger partial charge < -0.3 is 4.90 Å². The molecule has 140 valence electrons. The number of aromatic nitrogens is 1. The van der Waals surface area contributed by atoms with Crippen molar-refractivity contribution < 1.29 is 18.0 Å². The summed E-state index contributed by atoms with van der Waals surface area (Å²) in [6, 6.07) is 12.3. The number of carbonyl (C=O) groups is 1. The van der Waals surface area contributed by atoms with Crippen LogP contribution in [0.2, 0.25) is 0 Å². The second-order valence-electron chi connectivity index (χ2n) is 6.10. The van der Waals surface area contributed by atoms with Gasteiger partial charge in [0.25, 0.3) is 0 Å². The lowest BCUT2D eigenvalue weighted by Gasteiger charge is -2.21. The van der Waals surface area contributed by atoms with Gasteiger partial charge in [-0.15, -0.1) is 11.3 Å². The minimum absolute atomic E-state index is 0.249. The van der Waals surface area contributed by atoms with E-state index < -0.39 is 11.7 Å². The van der Waals surface area contributed by atoms with E-state index in [9.17, 15) is 18.0 Å². The van der Waals surface area contributed by atoms with Crippen LogP contribution in [-0.2, 0) is 11.0 Å². The minimum Gasteiger partial charge on any atom is -0.333 e. The van der Waals surface area contributed by atoms with Crippen LogP contribution in [0.4, 0.5) is 13.2 Å². The van der Waals surface area contributed by atoms with Gasteiger partial charge in [0.2, 0.25) is 5.91 Å². The Morgan fingerprint density at radius 1 is 1.19 bits per heavy atom. The number of para-hydroxylation sites is 1. The highest BCUT2D eigenvalue weighted by Gasteiger charge is 2.30. The van der Waals surface area contributed by atoms with Crippen molar-refractivity contribution >= 4 is 33.5 Å². The maximum Gasteiger partial charge on any atom is 0.416 e.